The third-order valence-electron chi connectivity index (χ3n) is 4.88. The van der Waals surface area contributed by atoms with Gasteiger partial charge in [-0.3, -0.25) is 9.59 Å². The van der Waals surface area contributed by atoms with Crippen LogP contribution < -0.4 is 11.1 Å². The van der Waals surface area contributed by atoms with E-state index in [0.29, 0.717) is 32.7 Å². The van der Waals surface area contributed by atoms with E-state index in [0.717, 1.165) is 36.9 Å². The first kappa shape index (κ1) is 16.9. The van der Waals surface area contributed by atoms with Crippen LogP contribution in [0.3, 0.4) is 0 Å². The molecule has 0 bridgehead atoms. The Morgan fingerprint density at radius 1 is 1.12 bits per heavy atom. The van der Waals surface area contributed by atoms with Gasteiger partial charge >= 0.3 is 0 Å². The van der Waals surface area contributed by atoms with Crippen LogP contribution in [-0.2, 0) is 20.7 Å². The van der Waals surface area contributed by atoms with E-state index in [1.807, 2.05) is 29.2 Å². The predicted octanol–water partition coefficient (Wildman–Crippen LogP) is 1.30. The van der Waals surface area contributed by atoms with E-state index in [-0.39, 0.29) is 11.8 Å². The maximum absolute atomic E-state index is 12.3. The van der Waals surface area contributed by atoms with Crippen molar-refractivity contribution in [3.63, 3.8) is 0 Å². The number of hydrogen-bond donors (Lipinski definition) is 2. The van der Waals surface area contributed by atoms with Crippen LogP contribution in [0.25, 0.3) is 0 Å². The number of anilines is 1. The molecule has 130 valence electrons. The molecule has 6 heteroatoms. The van der Waals surface area contributed by atoms with Crippen molar-refractivity contribution in [3.05, 3.63) is 29.8 Å². The summed E-state index contributed by atoms with van der Waals surface area (Å²) in [6.45, 7) is 2.53. The molecule has 1 aliphatic heterocycles. The molecule has 3 N–H and O–H groups in total. The van der Waals surface area contributed by atoms with Crippen molar-refractivity contribution < 1.29 is 14.3 Å². The third-order valence-corrected chi connectivity index (χ3v) is 4.88. The highest BCUT2D eigenvalue weighted by atomic mass is 16.5. The molecule has 3 rings (SSSR count). The number of benzene rings is 1. The van der Waals surface area contributed by atoms with E-state index < -0.39 is 5.54 Å². The summed E-state index contributed by atoms with van der Waals surface area (Å²) in [6.07, 6.45) is 3.87. The van der Waals surface area contributed by atoms with Crippen LogP contribution in [0.4, 0.5) is 5.69 Å². The molecule has 24 heavy (non-hydrogen) atoms. The van der Waals surface area contributed by atoms with Crippen molar-refractivity contribution in [2.75, 3.05) is 31.6 Å². The molecule has 1 aromatic rings. The number of hydrogen-bond acceptors (Lipinski definition) is 4. The summed E-state index contributed by atoms with van der Waals surface area (Å²) >= 11 is 0. The van der Waals surface area contributed by atoms with Crippen LogP contribution in [0.1, 0.15) is 31.2 Å². The van der Waals surface area contributed by atoms with Crippen LogP contribution in [0.2, 0.25) is 0 Å². The van der Waals surface area contributed by atoms with Gasteiger partial charge in [-0.15, -0.1) is 0 Å². The van der Waals surface area contributed by atoms with E-state index in [4.69, 9.17) is 10.5 Å². The van der Waals surface area contributed by atoms with Gasteiger partial charge in [0.05, 0.1) is 25.2 Å². The largest absolute Gasteiger partial charge is 0.378 e. The average Bonchev–Trinajstić information content (AvgIpc) is 3.05. The highest BCUT2D eigenvalue weighted by molar-refractivity contribution is 5.98. The quantitative estimate of drug-likeness (QED) is 0.871. The molecule has 0 unspecified atom stereocenters. The summed E-state index contributed by atoms with van der Waals surface area (Å²) in [5.41, 5.74) is 7.08. The summed E-state index contributed by atoms with van der Waals surface area (Å²) in [6, 6.07) is 7.42. The van der Waals surface area contributed by atoms with Crippen molar-refractivity contribution in [1.29, 1.82) is 0 Å². The van der Waals surface area contributed by atoms with Crippen LogP contribution in [0, 0.1) is 0 Å². The Labute approximate surface area is 142 Å². The monoisotopic (exact) mass is 331 g/mol. The Morgan fingerprint density at radius 2 is 1.75 bits per heavy atom. The summed E-state index contributed by atoms with van der Waals surface area (Å²) in [4.78, 5) is 26.4. The molecule has 2 amide bonds. The molecular weight excluding hydrogens is 306 g/mol. The maximum Gasteiger partial charge on any atom is 0.244 e. The zero-order valence-corrected chi connectivity index (χ0v) is 13.9. The Bertz CT molecular complexity index is 588. The summed E-state index contributed by atoms with van der Waals surface area (Å²) in [7, 11) is 0. The molecule has 2 aliphatic rings. The van der Waals surface area contributed by atoms with Crippen molar-refractivity contribution in [3.8, 4) is 0 Å². The van der Waals surface area contributed by atoms with Gasteiger partial charge in [-0.2, -0.15) is 0 Å². The zero-order valence-electron chi connectivity index (χ0n) is 13.9. The van der Waals surface area contributed by atoms with Gasteiger partial charge in [0.15, 0.2) is 0 Å². The van der Waals surface area contributed by atoms with E-state index in [1.54, 1.807) is 0 Å². The van der Waals surface area contributed by atoms with Crippen LogP contribution >= 0.6 is 0 Å². The Hall–Kier alpha value is -1.92. The second-order valence-electron chi connectivity index (χ2n) is 6.68. The van der Waals surface area contributed by atoms with E-state index in [1.165, 1.54) is 0 Å². The zero-order chi connectivity index (χ0) is 17.0. The van der Waals surface area contributed by atoms with Crippen molar-refractivity contribution in [1.82, 2.24) is 4.90 Å². The molecule has 0 radical (unpaired) electrons. The highest BCUT2D eigenvalue weighted by Crippen LogP contribution is 2.28. The third kappa shape index (κ3) is 3.94. The maximum atomic E-state index is 12.3. The van der Waals surface area contributed by atoms with Gasteiger partial charge in [-0.25, -0.2) is 0 Å². The molecule has 2 fully saturated rings. The fraction of sp³-hybridized carbons (Fsp3) is 0.556. The lowest BCUT2D eigenvalue weighted by atomic mass is 9.98. The molecule has 6 nitrogen and oxygen atoms in total. The molecular formula is C18H25N3O3. The Morgan fingerprint density at radius 3 is 2.38 bits per heavy atom. The normalized spacial score (nSPS) is 20.0. The number of nitrogens with one attached hydrogen (secondary N) is 1. The lowest BCUT2D eigenvalue weighted by molar-refractivity contribution is -0.134. The minimum Gasteiger partial charge on any atom is -0.378 e. The molecule has 0 spiro atoms. The minimum absolute atomic E-state index is 0.113. The number of amides is 2. The van der Waals surface area contributed by atoms with Crippen molar-refractivity contribution in [2.24, 2.45) is 5.73 Å². The predicted molar refractivity (Wildman–Crippen MR) is 91.6 cm³/mol. The van der Waals surface area contributed by atoms with Gasteiger partial charge in [0.25, 0.3) is 0 Å². The first-order chi connectivity index (χ1) is 11.6. The number of carbonyl (C=O) groups is 2. The fourth-order valence-electron chi connectivity index (χ4n) is 3.29. The lowest BCUT2D eigenvalue weighted by Gasteiger charge is -2.27. The van der Waals surface area contributed by atoms with E-state index in [2.05, 4.69) is 5.32 Å². The topological polar surface area (TPSA) is 84.7 Å². The van der Waals surface area contributed by atoms with Gasteiger partial charge in [0.2, 0.25) is 11.8 Å². The van der Waals surface area contributed by atoms with Gasteiger partial charge in [0, 0.05) is 18.8 Å². The van der Waals surface area contributed by atoms with E-state index >= 15 is 0 Å². The SMILES string of the molecule is NC1(C(=O)Nc2ccc(CC(=O)N3CCOCC3)cc2)CCCC1. The number of rotatable bonds is 4. The Balaban J connectivity index is 1.55. The van der Waals surface area contributed by atoms with Crippen LogP contribution in [-0.4, -0.2) is 48.6 Å². The smallest absolute Gasteiger partial charge is 0.244 e. The second kappa shape index (κ2) is 7.32. The number of carbonyl (C=O) groups excluding carboxylic acids is 2. The average molecular weight is 331 g/mol. The molecule has 1 saturated heterocycles. The molecule has 1 aromatic carbocycles. The highest BCUT2D eigenvalue weighted by Gasteiger charge is 2.36. The summed E-state index contributed by atoms with van der Waals surface area (Å²) in [5, 5.41) is 2.89. The first-order valence-corrected chi connectivity index (χ1v) is 8.62. The second-order valence-corrected chi connectivity index (χ2v) is 6.68. The van der Waals surface area contributed by atoms with Crippen molar-refractivity contribution >= 4 is 17.5 Å². The van der Waals surface area contributed by atoms with Gasteiger partial charge in [-0.05, 0) is 30.5 Å². The molecule has 1 saturated carbocycles. The number of morpholine rings is 1. The first-order valence-electron chi connectivity index (χ1n) is 8.62. The summed E-state index contributed by atoms with van der Waals surface area (Å²) < 4.78 is 5.26. The number of nitrogens with two attached hydrogens (primary N) is 1. The molecule has 0 aromatic heterocycles. The van der Waals surface area contributed by atoms with E-state index in [9.17, 15) is 9.59 Å². The van der Waals surface area contributed by atoms with Gasteiger partial charge in [-0.1, -0.05) is 25.0 Å². The molecule has 1 heterocycles. The van der Waals surface area contributed by atoms with Crippen LogP contribution in [0.5, 0.6) is 0 Å². The number of nitrogens with zero attached hydrogens (tertiary/aromatic N) is 1. The fourth-order valence-corrected chi connectivity index (χ4v) is 3.29. The van der Waals surface area contributed by atoms with Gasteiger partial charge < -0.3 is 20.7 Å². The van der Waals surface area contributed by atoms with Crippen molar-refractivity contribution in [2.45, 2.75) is 37.6 Å². The standard InChI is InChI=1S/C18H25N3O3/c19-18(7-1-2-8-18)17(23)20-15-5-3-14(4-6-15)13-16(22)21-9-11-24-12-10-21/h3-6H,1-2,7-13,19H2,(H,20,23). The lowest BCUT2D eigenvalue weighted by Crippen LogP contribution is -2.48. The minimum atomic E-state index is -0.731. The summed E-state index contributed by atoms with van der Waals surface area (Å²) in [5.74, 6) is -0.000838. The molecule has 1 aliphatic carbocycles. The number of ether oxygens (including phenoxy) is 1. The van der Waals surface area contributed by atoms with Gasteiger partial charge in [0.1, 0.15) is 0 Å². The van der Waals surface area contributed by atoms with Crippen LogP contribution in [0.15, 0.2) is 24.3 Å². The molecule has 0 atom stereocenters. The Kier molecular flexibility index (Phi) is 5.16.